The maximum absolute atomic E-state index is 12.3. The lowest BCUT2D eigenvalue weighted by Crippen LogP contribution is -2.24. The van der Waals surface area contributed by atoms with Gasteiger partial charge in [0.25, 0.3) is 0 Å². The van der Waals surface area contributed by atoms with Crippen LogP contribution in [0, 0.1) is 11.3 Å². The molecule has 1 N–H and O–H groups in total. The van der Waals surface area contributed by atoms with Crippen LogP contribution in [0.2, 0.25) is 0 Å². The normalized spacial score (nSPS) is 11.9. The lowest BCUT2D eigenvalue weighted by Gasteiger charge is -2.13. The summed E-state index contributed by atoms with van der Waals surface area (Å²) >= 11 is 0. The molecule has 0 radical (unpaired) electrons. The van der Waals surface area contributed by atoms with E-state index in [4.69, 9.17) is 10.00 Å². The van der Waals surface area contributed by atoms with Crippen molar-refractivity contribution in [1.29, 1.82) is 5.26 Å². The van der Waals surface area contributed by atoms with Crippen LogP contribution in [0.25, 0.3) is 0 Å². The summed E-state index contributed by atoms with van der Waals surface area (Å²) < 4.78 is 29.8. The van der Waals surface area contributed by atoms with E-state index >= 15 is 0 Å². The number of ketones is 1. The van der Waals surface area contributed by atoms with Crippen LogP contribution in [0.5, 0.6) is 0 Å². The van der Waals surface area contributed by atoms with E-state index in [1.54, 1.807) is 0 Å². The predicted octanol–water partition coefficient (Wildman–Crippen LogP) is 2.36. The summed E-state index contributed by atoms with van der Waals surface area (Å²) in [5.74, 6) is -1.09. The third-order valence-corrected chi connectivity index (χ3v) is 3.98. The molecule has 7 nitrogen and oxygen atoms in total. The quantitative estimate of drug-likeness (QED) is 0.615. The Labute approximate surface area is 151 Å². The van der Waals surface area contributed by atoms with Crippen LogP contribution in [0.4, 0.5) is 5.69 Å². The van der Waals surface area contributed by atoms with Gasteiger partial charge < -0.3 is 4.74 Å². The fraction of sp³-hybridized carbons (Fsp3) is 0.167. The SMILES string of the molecule is CC(OC(=O)c1ccc(C#N)cc1)C(=O)c1ccc(NS(C)(=O)=O)cc1. The highest BCUT2D eigenvalue weighted by molar-refractivity contribution is 7.92. The van der Waals surface area contributed by atoms with Crippen LogP contribution in [-0.2, 0) is 14.8 Å². The van der Waals surface area contributed by atoms with E-state index in [1.807, 2.05) is 6.07 Å². The number of nitrogens with zero attached hydrogens (tertiary/aromatic N) is 1. The number of ether oxygens (including phenoxy) is 1. The van der Waals surface area contributed by atoms with Crippen LogP contribution in [0.15, 0.2) is 48.5 Å². The van der Waals surface area contributed by atoms with Gasteiger partial charge in [0.15, 0.2) is 6.10 Å². The standard InChI is InChI=1S/C18H16N2O5S/c1-12(25-18(22)15-5-3-13(11-19)4-6-15)17(21)14-7-9-16(10-8-14)20-26(2,23)24/h3-10,12,20H,1-2H3. The first-order chi connectivity index (χ1) is 12.2. The van der Waals surface area contributed by atoms with Crippen LogP contribution >= 0.6 is 0 Å². The zero-order valence-electron chi connectivity index (χ0n) is 14.1. The highest BCUT2D eigenvalue weighted by Crippen LogP contribution is 2.14. The van der Waals surface area contributed by atoms with Gasteiger partial charge in [-0.1, -0.05) is 0 Å². The van der Waals surface area contributed by atoms with Gasteiger partial charge in [-0.2, -0.15) is 5.26 Å². The first-order valence-corrected chi connectivity index (χ1v) is 9.42. The van der Waals surface area contributed by atoms with Gasteiger partial charge in [0.05, 0.1) is 23.5 Å². The first-order valence-electron chi connectivity index (χ1n) is 7.53. The van der Waals surface area contributed by atoms with Gasteiger partial charge in [0.1, 0.15) is 0 Å². The summed E-state index contributed by atoms with van der Waals surface area (Å²) in [4.78, 5) is 24.4. The average molecular weight is 372 g/mol. The molecule has 0 saturated carbocycles. The second-order valence-corrected chi connectivity index (χ2v) is 7.30. The number of hydrogen-bond donors (Lipinski definition) is 1. The maximum Gasteiger partial charge on any atom is 0.338 e. The van der Waals surface area contributed by atoms with Gasteiger partial charge in [-0.25, -0.2) is 13.2 Å². The van der Waals surface area contributed by atoms with Gasteiger partial charge in [-0.15, -0.1) is 0 Å². The molecule has 0 aliphatic carbocycles. The minimum Gasteiger partial charge on any atom is -0.451 e. The molecule has 134 valence electrons. The first kappa shape index (κ1) is 19.1. The predicted molar refractivity (Wildman–Crippen MR) is 95.3 cm³/mol. The zero-order chi connectivity index (χ0) is 19.3. The molecule has 0 bridgehead atoms. The average Bonchev–Trinajstić information content (AvgIpc) is 2.60. The van der Waals surface area contributed by atoms with E-state index in [0.29, 0.717) is 11.3 Å². The zero-order valence-corrected chi connectivity index (χ0v) is 14.9. The number of nitrogens with one attached hydrogen (secondary N) is 1. The van der Waals surface area contributed by atoms with E-state index in [1.165, 1.54) is 55.5 Å². The summed E-state index contributed by atoms with van der Waals surface area (Å²) in [6.45, 7) is 1.45. The highest BCUT2D eigenvalue weighted by atomic mass is 32.2. The summed E-state index contributed by atoms with van der Waals surface area (Å²) in [5, 5.41) is 8.74. The van der Waals surface area contributed by atoms with Gasteiger partial charge in [-0.3, -0.25) is 9.52 Å². The molecular formula is C18H16N2O5S. The maximum atomic E-state index is 12.3. The van der Waals surface area contributed by atoms with Crippen molar-refractivity contribution in [1.82, 2.24) is 0 Å². The lowest BCUT2D eigenvalue weighted by molar-refractivity contribution is 0.0319. The van der Waals surface area contributed by atoms with Gasteiger partial charge >= 0.3 is 5.97 Å². The number of sulfonamides is 1. The van der Waals surface area contributed by atoms with Crippen molar-refractivity contribution in [3.63, 3.8) is 0 Å². The lowest BCUT2D eigenvalue weighted by atomic mass is 10.1. The molecule has 2 aromatic carbocycles. The molecule has 0 aliphatic heterocycles. The summed E-state index contributed by atoms with van der Waals surface area (Å²) in [7, 11) is -3.40. The summed E-state index contributed by atoms with van der Waals surface area (Å²) in [6.07, 6.45) is 0.00312. The molecule has 0 fully saturated rings. The monoisotopic (exact) mass is 372 g/mol. The minimum absolute atomic E-state index is 0.233. The van der Waals surface area contributed by atoms with Crippen LogP contribution in [-0.4, -0.2) is 32.5 Å². The van der Waals surface area contributed by atoms with Crippen molar-refractivity contribution in [3.05, 3.63) is 65.2 Å². The topological polar surface area (TPSA) is 113 Å². The fourth-order valence-corrected chi connectivity index (χ4v) is 2.68. The highest BCUT2D eigenvalue weighted by Gasteiger charge is 2.20. The number of Topliss-reactive ketones (excluding diaryl/α,β-unsaturated/α-hetero) is 1. The van der Waals surface area contributed by atoms with E-state index in [9.17, 15) is 18.0 Å². The number of anilines is 1. The largest absolute Gasteiger partial charge is 0.451 e. The molecule has 0 aliphatic rings. The van der Waals surface area contributed by atoms with Crippen LogP contribution < -0.4 is 4.72 Å². The Hall–Kier alpha value is -3.18. The van der Waals surface area contributed by atoms with Gasteiger partial charge in [-0.05, 0) is 55.5 Å². The Kier molecular flexibility index (Phi) is 5.75. The number of hydrogen-bond acceptors (Lipinski definition) is 6. The van der Waals surface area contributed by atoms with Crippen molar-refractivity contribution in [2.45, 2.75) is 13.0 Å². The fourth-order valence-electron chi connectivity index (χ4n) is 2.11. The number of nitriles is 1. The summed E-state index contributed by atoms with van der Waals surface area (Å²) in [6, 6.07) is 13.6. The van der Waals surface area contributed by atoms with Crippen LogP contribution in [0.1, 0.15) is 33.2 Å². The molecule has 2 aromatic rings. The molecule has 0 amide bonds. The number of carbonyl (C=O) groups excluding carboxylic acids is 2. The Morgan fingerprint density at radius 2 is 1.58 bits per heavy atom. The Morgan fingerprint density at radius 3 is 2.08 bits per heavy atom. The number of esters is 1. The molecular weight excluding hydrogens is 356 g/mol. The Bertz CT molecular complexity index is 958. The minimum atomic E-state index is -3.40. The van der Waals surface area contributed by atoms with E-state index in [2.05, 4.69) is 4.72 Å². The summed E-state index contributed by atoms with van der Waals surface area (Å²) in [5.41, 5.74) is 1.25. The molecule has 0 aromatic heterocycles. The van der Waals surface area contributed by atoms with Crippen molar-refractivity contribution < 1.29 is 22.7 Å². The second-order valence-electron chi connectivity index (χ2n) is 5.55. The molecule has 8 heteroatoms. The van der Waals surface area contributed by atoms with Crippen molar-refractivity contribution >= 4 is 27.5 Å². The second kappa shape index (κ2) is 7.80. The van der Waals surface area contributed by atoms with Crippen molar-refractivity contribution in [2.75, 3.05) is 11.0 Å². The number of rotatable bonds is 6. The Balaban J connectivity index is 2.04. The molecule has 26 heavy (non-hydrogen) atoms. The van der Waals surface area contributed by atoms with E-state index in [0.717, 1.165) is 6.26 Å². The van der Waals surface area contributed by atoms with Gasteiger partial charge in [0.2, 0.25) is 15.8 Å². The smallest absolute Gasteiger partial charge is 0.338 e. The van der Waals surface area contributed by atoms with Crippen LogP contribution in [0.3, 0.4) is 0 Å². The molecule has 0 saturated heterocycles. The van der Waals surface area contributed by atoms with E-state index in [-0.39, 0.29) is 11.1 Å². The van der Waals surface area contributed by atoms with Gasteiger partial charge in [0, 0.05) is 11.3 Å². The van der Waals surface area contributed by atoms with Crippen molar-refractivity contribution in [3.8, 4) is 6.07 Å². The molecule has 1 atom stereocenters. The number of benzene rings is 2. The number of carbonyl (C=O) groups is 2. The third-order valence-electron chi connectivity index (χ3n) is 3.38. The van der Waals surface area contributed by atoms with E-state index < -0.39 is 27.9 Å². The molecule has 1 unspecified atom stereocenters. The third kappa shape index (κ3) is 5.16. The van der Waals surface area contributed by atoms with Crippen molar-refractivity contribution in [2.24, 2.45) is 0 Å². The molecule has 2 rings (SSSR count). The molecule has 0 spiro atoms. The molecule has 0 heterocycles. The Morgan fingerprint density at radius 1 is 1.04 bits per heavy atom.